The van der Waals surface area contributed by atoms with Crippen LogP contribution in [-0.2, 0) is 5.60 Å². The van der Waals surface area contributed by atoms with Gasteiger partial charge in [-0.05, 0) is 52.7 Å². The number of aryl methyl sites for hydroxylation is 2. The van der Waals surface area contributed by atoms with Crippen LogP contribution in [0.3, 0.4) is 0 Å². The number of nitrogens with zero attached hydrogens (tertiary/aromatic N) is 4. The Labute approximate surface area is 183 Å². The molecule has 0 saturated heterocycles. The lowest BCUT2D eigenvalue weighted by Gasteiger charge is -2.22. The van der Waals surface area contributed by atoms with Gasteiger partial charge in [0.1, 0.15) is 11.4 Å². The lowest BCUT2D eigenvalue weighted by atomic mass is 10.0. The predicted octanol–water partition coefficient (Wildman–Crippen LogP) is 6.23. The van der Waals surface area contributed by atoms with Gasteiger partial charge in [0.2, 0.25) is 0 Å². The van der Waals surface area contributed by atoms with E-state index in [1.807, 2.05) is 32.3 Å². The highest BCUT2D eigenvalue weighted by molar-refractivity contribution is 6.06. The molecule has 4 heterocycles. The molecule has 6 heteroatoms. The van der Waals surface area contributed by atoms with Gasteiger partial charge in [0.05, 0.1) is 27.9 Å². The minimum absolute atomic E-state index is 0.355. The quantitative estimate of drug-likeness (QED) is 0.384. The molecule has 0 amide bonds. The zero-order chi connectivity index (χ0) is 22.3. The molecule has 0 saturated carbocycles. The highest BCUT2D eigenvalue weighted by Gasteiger charge is 2.24. The second-order valence-electron chi connectivity index (χ2n) is 9.04. The van der Waals surface area contributed by atoms with Crippen LogP contribution in [0.4, 0.5) is 0 Å². The third-order valence-corrected chi connectivity index (χ3v) is 6.08. The normalized spacial score (nSPS) is 12.5. The van der Waals surface area contributed by atoms with Gasteiger partial charge in [0.25, 0.3) is 0 Å². The van der Waals surface area contributed by atoms with Crippen LogP contribution in [0.2, 0.25) is 0 Å². The van der Waals surface area contributed by atoms with Gasteiger partial charge >= 0.3 is 0 Å². The van der Waals surface area contributed by atoms with Crippen molar-refractivity contribution in [1.82, 2.24) is 19.7 Å². The lowest BCUT2D eigenvalue weighted by Crippen LogP contribution is -2.17. The summed E-state index contributed by atoms with van der Waals surface area (Å²) in [6.45, 7) is 11.9. The smallest absolute Gasteiger partial charge is 0.141 e. The van der Waals surface area contributed by atoms with Crippen LogP contribution in [0.1, 0.15) is 76.6 Å². The SMILES string of the molecule is CCCC(CCC)n1c2cc(C(C)(C)O)ncc2c2ncc(-c3c(C)noc3C)cc21. The molecule has 0 unspecified atom stereocenters. The molecular weight excluding hydrogens is 388 g/mol. The van der Waals surface area contributed by atoms with Crippen LogP contribution in [0.15, 0.2) is 29.0 Å². The average molecular weight is 421 g/mol. The Morgan fingerprint density at radius 1 is 1.03 bits per heavy atom. The zero-order valence-electron chi connectivity index (χ0n) is 19.4. The van der Waals surface area contributed by atoms with E-state index < -0.39 is 5.60 Å². The first-order valence-electron chi connectivity index (χ1n) is 11.2. The topological polar surface area (TPSA) is 77.0 Å². The van der Waals surface area contributed by atoms with E-state index in [1.54, 1.807) is 13.8 Å². The van der Waals surface area contributed by atoms with Crippen molar-refractivity contribution < 1.29 is 9.63 Å². The highest BCUT2D eigenvalue weighted by Crippen LogP contribution is 2.37. The summed E-state index contributed by atoms with van der Waals surface area (Å²) in [6, 6.07) is 4.59. The molecule has 0 atom stereocenters. The van der Waals surface area contributed by atoms with Crippen molar-refractivity contribution in [1.29, 1.82) is 0 Å². The molecule has 0 fully saturated rings. The van der Waals surface area contributed by atoms with Crippen molar-refractivity contribution >= 4 is 21.9 Å². The number of aromatic nitrogens is 4. The maximum Gasteiger partial charge on any atom is 0.141 e. The fourth-order valence-corrected chi connectivity index (χ4v) is 4.63. The minimum atomic E-state index is -1.00. The summed E-state index contributed by atoms with van der Waals surface area (Å²) in [4.78, 5) is 9.44. The first-order valence-corrected chi connectivity index (χ1v) is 11.2. The molecule has 0 aliphatic carbocycles. The fourth-order valence-electron chi connectivity index (χ4n) is 4.63. The number of fused-ring (bicyclic) bond motifs is 3. The van der Waals surface area contributed by atoms with E-state index in [2.05, 4.69) is 34.6 Å². The van der Waals surface area contributed by atoms with E-state index >= 15 is 0 Å². The first-order chi connectivity index (χ1) is 14.8. The summed E-state index contributed by atoms with van der Waals surface area (Å²) < 4.78 is 7.83. The summed E-state index contributed by atoms with van der Waals surface area (Å²) in [5.41, 5.74) is 5.66. The minimum Gasteiger partial charge on any atom is -0.384 e. The van der Waals surface area contributed by atoms with Crippen molar-refractivity contribution in [3.63, 3.8) is 0 Å². The molecule has 4 aromatic rings. The molecule has 6 nitrogen and oxygen atoms in total. The second kappa shape index (κ2) is 8.08. The van der Waals surface area contributed by atoms with Gasteiger partial charge in [-0.3, -0.25) is 9.97 Å². The monoisotopic (exact) mass is 420 g/mol. The van der Waals surface area contributed by atoms with Gasteiger partial charge in [-0.25, -0.2) is 0 Å². The van der Waals surface area contributed by atoms with Crippen molar-refractivity contribution in [2.45, 2.75) is 78.9 Å². The van der Waals surface area contributed by atoms with Crippen LogP contribution in [0.25, 0.3) is 33.1 Å². The van der Waals surface area contributed by atoms with Crippen molar-refractivity contribution in [2.75, 3.05) is 0 Å². The van der Waals surface area contributed by atoms with Gasteiger partial charge in [0, 0.05) is 34.9 Å². The van der Waals surface area contributed by atoms with Crippen LogP contribution >= 0.6 is 0 Å². The summed E-state index contributed by atoms with van der Waals surface area (Å²) in [6.07, 6.45) is 8.14. The first kappa shape index (κ1) is 21.5. The van der Waals surface area contributed by atoms with Crippen molar-refractivity contribution in [2.24, 2.45) is 0 Å². The van der Waals surface area contributed by atoms with Gasteiger partial charge < -0.3 is 14.2 Å². The van der Waals surface area contributed by atoms with Crippen LogP contribution < -0.4 is 0 Å². The molecule has 0 bridgehead atoms. The molecule has 1 N–H and O–H groups in total. The Morgan fingerprint density at radius 3 is 2.32 bits per heavy atom. The molecule has 0 aromatic carbocycles. The van der Waals surface area contributed by atoms with Crippen molar-refractivity contribution in [3.05, 3.63) is 41.7 Å². The van der Waals surface area contributed by atoms with Crippen LogP contribution in [0.5, 0.6) is 0 Å². The van der Waals surface area contributed by atoms with Gasteiger partial charge in [-0.1, -0.05) is 31.8 Å². The Morgan fingerprint density at radius 2 is 1.74 bits per heavy atom. The van der Waals surface area contributed by atoms with E-state index in [4.69, 9.17) is 9.51 Å². The number of hydrogen-bond acceptors (Lipinski definition) is 5. The maximum atomic E-state index is 10.6. The van der Waals surface area contributed by atoms with E-state index in [0.717, 1.165) is 70.2 Å². The highest BCUT2D eigenvalue weighted by atomic mass is 16.5. The van der Waals surface area contributed by atoms with E-state index in [0.29, 0.717) is 11.7 Å². The van der Waals surface area contributed by atoms with E-state index in [-0.39, 0.29) is 0 Å². The zero-order valence-corrected chi connectivity index (χ0v) is 19.4. The fraction of sp³-hybridized carbons (Fsp3) is 0.480. The molecule has 31 heavy (non-hydrogen) atoms. The van der Waals surface area contributed by atoms with Gasteiger partial charge in [-0.15, -0.1) is 0 Å². The largest absolute Gasteiger partial charge is 0.384 e. The number of hydrogen-bond donors (Lipinski definition) is 1. The van der Waals surface area contributed by atoms with Crippen LogP contribution in [0, 0.1) is 13.8 Å². The molecule has 0 spiro atoms. The molecule has 0 radical (unpaired) electrons. The standard InChI is InChI=1S/C25H32N4O2/c1-7-9-18(10-8-2)29-20-12-22(25(5,6)30)26-14-19(20)24-21(29)11-17(13-27-24)23-15(3)28-31-16(23)4/h11-14,18,30H,7-10H2,1-6H3. The Kier molecular flexibility index (Phi) is 5.60. The predicted molar refractivity (Wildman–Crippen MR) is 124 cm³/mol. The van der Waals surface area contributed by atoms with Gasteiger partial charge in [-0.2, -0.15) is 0 Å². The van der Waals surface area contributed by atoms with E-state index in [1.165, 1.54) is 0 Å². The third kappa shape index (κ3) is 3.74. The summed E-state index contributed by atoms with van der Waals surface area (Å²) in [7, 11) is 0. The number of aliphatic hydroxyl groups is 1. The average Bonchev–Trinajstić information content (AvgIpc) is 3.22. The molecule has 0 aliphatic rings. The number of pyridine rings is 2. The molecule has 0 aliphatic heterocycles. The number of rotatable bonds is 7. The van der Waals surface area contributed by atoms with Gasteiger partial charge in [0.15, 0.2) is 0 Å². The third-order valence-electron chi connectivity index (χ3n) is 6.08. The second-order valence-corrected chi connectivity index (χ2v) is 9.04. The molecule has 4 rings (SSSR count). The maximum absolute atomic E-state index is 10.6. The van der Waals surface area contributed by atoms with Crippen molar-refractivity contribution in [3.8, 4) is 11.1 Å². The molecule has 164 valence electrons. The Balaban J connectivity index is 2.06. The summed E-state index contributed by atoms with van der Waals surface area (Å²) in [5, 5.41) is 15.7. The van der Waals surface area contributed by atoms with Crippen LogP contribution in [-0.4, -0.2) is 24.8 Å². The summed E-state index contributed by atoms with van der Waals surface area (Å²) >= 11 is 0. The molecule has 4 aromatic heterocycles. The Bertz CT molecular complexity index is 1200. The van der Waals surface area contributed by atoms with E-state index in [9.17, 15) is 5.11 Å². The Hall–Kier alpha value is -2.73. The summed E-state index contributed by atoms with van der Waals surface area (Å²) in [5.74, 6) is 0.797. The lowest BCUT2D eigenvalue weighted by molar-refractivity contribution is 0.0740. The molecular formula is C25H32N4O2.